The van der Waals surface area contributed by atoms with Crippen LogP contribution >= 0.6 is 11.6 Å². The van der Waals surface area contributed by atoms with Crippen LogP contribution < -0.4 is 0 Å². The number of benzene rings is 1. The molecule has 1 heterocycles. The Bertz CT molecular complexity index is 812. The lowest BCUT2D eigenvalue weighted by Gasteiger charge is -2.41. The molecule has 1 saturated carbocycles. The van der Waals surface area contributed by atoms with Crippen molar-refractivity contribution in [2.24, 2.45) is 11.8 Å². The Morgan fingerprint density at radius 2 is 2.07 bits per heavy atom. The van der Waals surface area contributed by atoms with E-state index in [2.05, 4.69) is 32.9 Å². The van der Waals surface area contributed by atoms with E-state index in [-0.39, 0.29) is 24.8 Å². The summed E-state index contributed by atoms with van der Waals surface area (Å²) in [5.41, 5.74) is 2.95. The van der Waals surface area contributed by atoms with Crippen molar-refractivity contribution in [3.8, 4) is 0 Å². The Labute approximate surface area is 178 Å². The number of carboxylic acids is 1. The molecule has 158 valence electrons. The molecule has 0 spiro atoms. The molecule has 0 bridgehead atoms. The molecule has 4 nitrogen and oxygen atoms in total. The van der Waals surface area contributed by atoms with Gasteiger partial charge in [-0.15, -0.1) is 0 Å². The highest BCUT2D eigenvalue weighted by Gasteiger charge is 2.40. The maximum atomic E-state index is 12.8. The number of carbonyl (C=O) groups excluding carboxylic acids is 1. The van der Waals surface area contributed by atoms with Crippen molar-refractivity contribution in [3.63, 3.8) is 0 Å². The first-order chi connectivity index (χ1) is 13.7. The predicted molar refractivity (Wildman–Crippen MR) is 116 cm³/mol. The monoisotopic (exact) mass is 417 g/mol. The summed E-state index contributed by atoms with van der Waals surface area (Å²) in [6, 6.07) is 6.28. The molecule has 3 rings (SSSR count). The van der Waals surface area contributed by atoms with Gasteiger partial charge in [-0.25, -0.2) is 0 Å². The molecule has 1 aliphatic carbocycles. The van der Waals surface area contributed by atoms with Crippen LogP contribution in [0.1, 0.15) is 70.4 Å². The van der Waals surface area contributed by atoms with E-state index >= 15 is 0 Å². The Kier molecular flexibility index (Phi) is 6.72. The van der Waals surface area contributed by atoms with Crippen molar-refractivity contribution >= 4 is 23.5 Å². The van der Waals surface area contributed by atoms with Gasteiger partial charge in [0.1, 0.15) is 0 Å². The number of carbonyl (C=O) groups is 2. The number of amides is 1. The molecular formula is C24H32ClNO3. The van der Waals surface area contributed by atoms with Gasteiger partial charge in [0.05, 0.1) is 6.42 Å². The molecule has 1 aromatic rings. The average Bonchev–Trinajstić information content (AvgIpc) is 2.60. The van der Waals surface area contributed by atoms with E-state index in [1.165, 1.54) is 31.2 Å². The first kappa shape index (κ1) is 21.9. The van der Waals surface area contributed by atoms with Gasteiger partial charge in [-0.1, -0.05) is 63.8 Å². The first-order valence-electron chi connectivity index (χ1n) is 10.7. The van der Waals surface area contributed by atoms with Gasteiger partial charge >= 0.3 is 5.97 Å². The van der Waals surface area contributed by atoms with Gasteiger partial charge in [-0.05, 0) is 47.4 Å². The quantitative estimate of drug-likeness (QED) is 0.600. The molecule has 0 aromatic heterocycles. The fourth-order valence-corrected chi connectivity index (χ4v) is 4.86. The largest absolute Gasteiger partial charge is 0.481 e. The van der Waals surface area contributed by atoms with Crippen LogP contribution in [0.2, 0.25) is 5.02 Å². The number of aryl methyl sites for hydroxylation is 1. The van der Waals surface area contributed by atoms with Gasteiger partial charge in [0.25, 0.3) is 0 Å². The zero-order chi connectivity index (χ0) is 21.2. The van der Waals surface area contributed by atoms with Crippen molar-refractivity contribution < 1.29 is 14.7 Å². The van der Waals surface area contributed by atoms with Crippen molar-refractivity contribution in [3.05, 3.63) is 46.1 Å². The minimum atomic E-state index is -0.894. The zero-order valence-electron chi connectivity index (χ0n) is 17.7. The van der Waals surface area contributed by atoms with E-state index in [0.29, 0.717) is 6.42 Å². The van der Waals surface area contributed by atoms with E-state index in [4.69, 9.17) is 16.7 Å². The normalized spacial score (nSPS) is 22.6. The maximum absolute atomic E-state index is 12.8. The SMILES string of the molecule is CC(C)C1=CN(CCC(=O)O)C(=O)C[C@@]1(C)c1ccc(CCC2CCC2)c(Cl)c1. The van der Waals surface area contributed by atoms with Crippen LogP contribution in [0.25, 0.3) is 0 Å². The summed E-state index contributed by atoms with van der Waals surface area (Å²) in [6.07, 6.45) is 8.41. The molecular weight excluding hydrogens is 386 g/mol. The zero-order valence-corrected chi connectivity index (χ0v) is 18.5. The average molecular weight is 418 g/mol. The second-order valence-electron chi connectivity index (χ2n) is 9.12. The summed E-state index contributed by atoms with van der Waals surface area (Å²) in [4.78, 5) is 25.3. The highest BCUT2D eigenvalue weighted by atomic mass is 35.5. The molecule has 1 amide bonds. The lowest BCUT2D eigenvalue weighted by atomic mass is 9.68. The van der Waals surface area contributed by atoms with E-state index in [1.54, 1.807) is 4.90 Å². The van der Waals surface area contributed by atoms with Gasteiger partial charge in [0.2, 0.25) is 5.91 Å². The summed E-state index contributed by atoms with van der Waals surface area (Å²) < 4.78 is 0. The van der Waals surface area contributed by atoms with Gasteiger partial charge in [0.15, 0.2) is 0 Å². The van der Waals surface area contributed by atoms with Gasteiger partial charge in [0, 0.05) is 29.6 Å². The van der Waals surface area contributed by atoms with E-state index < -0.39 is 11.4 Å². The molecule has 0 saturated heterocycles. The molecule has 5 heteroatoms. The molecule has 29 heavy (non-hydrogen) atoms. The third-order valence-corrected chi connectivity index (χ3v) is 7.03. The van der Waals surface area contributed by atoms with Crippen LogP contribution in [0.3, 0.4) is 0 Å². The maximum Gasteiger partial charge on any atom is 0.305 e. The van der Waals surface area contributed by atoms with Crippen LogP contribution in [0.4, 0.5) is 0 Å². The fraction of sp³-hybridized carbons (Fsp3) is 0.583. The molecule has 1 fully saturated rings. The summed E-state index contributed by atoms with van der Waals surface area (Å²) in [5, 5.41) is 9.75. The third-order valence-electron chi connectivity index (χ3n) is 6.68. The molecule has 1 N–H and O–H groups in total. The Morgan fingerprint density at radius 1 is 1.34 bits per heavy atom. The fourth-order valence-electron chi connectivity index (χ4n) is 4.58. The second-order valence-corrected chi connectivity index (χ2v) is 9.53. The van der Waals surface area contributed by atoms with Crippen LogP contribution in [0, 0.1) is 11.8 Å². The van der Waals surface area contributed by atoms with Crippen LogP contribution in [0.5, 0.6) is 0 Å². The first-order valence-corrected chi connectivity index (χ1v) is 11.1. The number of nitrogens with zero attached hydrogens (tertiary/aromatic N) is 1. The lowest BCUT2D eigenvalue weighted by molar-refractivity contribution is -0.138. The van der Waals surface area contributed by atoms with Gasteiger partial charge in [-0.2, -0.15) is 0 Å². The van der Waals surface area contributed by atoms with Crippen molar-refractivity contribution in [1.29, 1.82) is 0 Å². The molecule has 0 radical (unpaired) electrons. The topological polar surface area (TPSA) is 57.6 Å². The van der Waals surface area contributed by atoms with E-state index in [0.717, 1.165) is 28.5 Å². The smallest absolute Gasteiger partial charge is 0.305 e. The van der Waals surface area contributed by atoms with Crippen LogP contribution in [0.15, 0.2) is 30.0 Å². The highest BCUT2D eigenvalue weighted by Crippen LogP contribution is 2.44. The Balaban J connectivity index is 1.84. The van der Waals surface area contributed by atoms with Crippen molar-refractivity contribution in [1.82, 2.24) is 4.90 Å². The molecule has 1 atom stereocenters. The lowest BCUT2D eigenvalue weighted by Crippen LogP contribution is -2.42. The number of hydrogen-bond acceptors (Lipinski definition) is 2. The van der Waals surface area contributed by atoms with Crippen LogP contribution in [-0.2, 0) is 21.4 Å². The Morgan fingerprint density at radius 3 is 2.62 bits per heavy atom. The summed E-state index contributed by atoms with van der Waals surface area (Å²) >= 11 is 6.65. The number of halogens is 1. The van der Waals surface area contributed by atoms with E-state index in [9.17, 15) is 9.59 Å². The molecule has 1 aliphatic heterocycles. The summed E-state index contributed by atoms with van der Waals surface area (Å²) in [5.74, 6) is 0.155. The molecule has 0 unspecified atom stereocenters. The minimum absolute atomic E-state index is 0.0386. The molecule has 1 aromatic carbocycles. The van der Waals surface area contributed by atoms with Crippen molar-refractivity contribution in [2.75, 3.05) is 6.54 Å². The number of rotatable bonds is 8. The summed E-state index contributed by atoms with van der Waals surface area (Å²) in [7, 11) is 0. The molecule has 2 aliphatic rings. The number of carboxylic acid groups (broad SMARTS) is 1. The Hall–Kier alpha value is -1.81. The minimum Gasteiger partial charge on any atom is -0.481 e. The number of hydrogen-bond donors (Lipinski definition) is 1. The highest BCUT2D eigenvalue weighted by molar-refractivity contribution is 6.31. The number of aliphatic carboxylic acids is 1. The standard InChI is InChI=1S/C24H32ClNO3/c1-16(2)20-15-26(12-11-23(28)29)22(27)14-24(20,3)19-10-9-18(21(25)13-19)8-7-17-5-4-6-17/h9-10,13,15-17H,4-8,11-12,14H2,1-3H3,(H,28,29)/t24-/m0/s1. The van der Waals surface area contributed by atoms with Crippen LogP contribution in [-0.4, -0.2) is 28.4 Å². The summed E-state index contributed by atoms with van der Waals surface area (Å²) in [6.45, 7) is 6.54. The van der Waals surface area contributed by atoms with Gasteiger partial charge in [-0.3, -0.25) is 9.59 Å². The van der Waals surface area contributed by atoms with E-state index in [1.807, 2.05) is 12.3 Å². The second kappa shape index (κ2) is 8.91. The van der Waals surface area contributed by atoms with Crippen molar-refractivity contribution in [2.45, 2.75) is 71.1 Å². The van der Waals surface area contributed by atoms with Gasteiger partial charge < -0.3 is 10.0 Å². The predicted octanol–water partition coefficient (Wildman–Crippen LogP) is 5.58. The number of allylic oxidation sites excluding steroid dienone is 1. The third kappa shape index (κ3) is 4.85.